The molecule has 1 fully saturated rings. The number of rotatable bonds is 5. The average molecular weight is 450 g/mol. The fourth-order valence-electron chi connectivity index (χ4n) is 3.07. The minimum absolute atomic E-state index is 0.0386. The maximum atomic E-state index is 12.7. The van der Waals surface area contributed by atoms with Gasteiger partial charge in [0.15, 0.2) is 0 Å². The lowest BCUT2D eigenvalue weighted by atomic mass is 10.1. The lowest BCUT2D eigenvalue weighted by molar-refractivity contribution is -0.117. The summed E-state index contributed by atoms with van der Waals surface area (Å²) in [5.41, 5.74) is 4.26. The number of benzene rings is 2. The number of anilines is 2. The molecule has 3 aromatic rings. The summed E-state index contributed by atoms with van der Waals surface area (Å²) in [5, 5.41) is 5.78. The van der Waals surface area contributed by atoms with Crippen molar-refractivity contribution in [3.05, 3.63) is 76.4 Å². The Hall–Kier alpha value is -2.99. The first-order chi connectivity index (χ1) is 14.0. The molecule has 0 unspecified atom stereocenters. The van der Waals surface area contributed by atoms with Gasteiger partial charge in [-0.15, -0.1) is 0 Å². The Bertz CT molecular complexity index is 1090. The van der Waals surface area contributed by atoms with E-state index in [1.807, 2.05) is 43.3 Å². The van der Waals surface area contributed by atoms with E-state index < -0.39 is 0 Å². The molecule has 0 saturated heterocycles. The van der Waals surface area contributed by atoms with Crippen molar-refractivity contribution < 1.29 is 9.59 Å². The van der Waals surface area contributed by atoms with Crippen molar-refractivity contribution in [1.29, 1.82) is 0 Å². The highest BCUT2D eigenvalue weighted by atomic mass is 79.9. The summed E-state index contributed by atoms with van der Waals surface area (Å²) in [6.45, 7) is 1.82. The van der Waals surface area contributed by atoms with E-state index in [2.05, 4.69) is 31.5 Å². The Labute approximate surface area is 177 Å². The second-order valence-electron chi connectivity index (χ2n) is 7.14. The van der Waals surface area contributed by atoms with Crippen LogP contribution >= 0.6 is 15.9 Å². The van der Waals surface area contributed by atoms with Crippen LogP contribution in [0.5, 0.6) is 0 Å². The van der Waals surface area contributed by atoms with Crippen molar-refractivity contribution in [2.75, 3.05) is 10.6 Å². The first kappa shape index (κ1) is 19.3. The Morgan fingerprint density at radius 1 is 0.966 bits per heavy atom. The van der Waals surface area contributed by atoms with Gasteiger partial charge < -0.3 is 10.6 Å². The predicted molar refractivity (Wildman–Crippen MR) is 118 cm³/mol. The van der Waals surface area contributed by atoms with Crippen molar-refractivity contribution >= 4 is 39.1 Å². The standard InChI is InChI=1S/C23H20BrN3O2/c1-14-20(10-11-21(25-14)16-4-2-5-17(24)12-16)23(29)27-19-7-3-6-18(13-19)26-22(28)15-8-9-15/h2-7,10-13,15H,8-9H2,1H3,(H,26,28)(H,27,29). The summed E-state index contributed by atoms with van der Waals surface area (Å²) < 4.78 is 0.977. The molecule has 146 valence electrons. The number of hydrogen-bond donors (Lipinski definition) is 2. The fraction of sp³-hybridized carbons (Fsp3) is 0.174. The largest absolute Gasteiger partial charge is 0.326 e. The van der Waals surface area contributed by atoms with Crippen LogP contribution < -0.4 is 10.6 Å². The Balaban J connectivity index is 1.49. The molecule has 0 bridgehead atoms. The molecule has 2 aromatic carbocycles. The minimum atomic E-state index is -0.235. The van der Waals surface area contributed by atoms with Crippen LogP contribution in [0, 0.1) is 12.8 Å². The Morgan fingerprint density at radius 3 is 2.38 bits per heavy atom. The van der Waals surface area contributed by atoms with Gasteiger partial charge in [0, 0.05) is 27.3 Å². The highest BCUT2D eigenvalue weighted by Gasteiger charge is 2.29. The molecule has 4 rings (SSSR count). The molecule has 0 radical (unpaired) electrons. The molecule has 1 aliphatic rings. The number of carbonyl (C=O) groups excluding carboxylic acids is 2. The quantitative estimate of drug-likeness (QED) is 0.545. The van der Waals surface area contributed by atoms with E-state index in [0.717, 1.165) is 28.6 Å². The molecule has 0 aliphatic heterocycles. The molecule has 0 spiro atoms. The van der Waals surface area contributed by atoms with Crippen LogP contribution in [0.2, 0.25) is 0 Å². The summed E-state index contributed by atoms with van der Waals surface area (Å²) in [6.07, 6.45) is 1.90. The van der Waals surface area contributed by atoms with Crippen molar-refractivity contribution in [3.8, 4) is 11.3 Å². The van der Waals surface area contributed by atoms with Crippen molar-refractivity contribution in [2.24, 2.45) is 5.92 Å². The van der Waals surface area contributed by atoms with Crippen LogP contribution in [0.4, 0.5) is 11.4 Å². The molecular weight excluding hydrogens is 430 g/mol. The fourth-order valence-corrected chi connectivity index (χ4v) is 3.47. The summed E-state index contributed by atoms with van der Waals surface area (Å²) in [6, 6.07) is 18.7. The lowest BCUT2D eigenvalue weighted by Crippen LogP contribution is -2.15. The van der Waals surface area contributed by atoms with Crippen LogP contribution in [0.1, 0.15) is 28.9 Å². The molecule has 2 N–H and O–H groups in total. The van der Waals surface area contributed by atoms with E-state index in [9.17, 15) is 9.59 Å². The average Bonchev–Trinajstić information content (AvgIpc) is 3.53. The number of hydrogen-bond acceptors (Lipinski definition) is 3. The third kappa shape index (κ3) is 4.71. The van der Waals surface area contributed by atoms with E-state index in [0.29, 0.717) is 22.6 Å². The SMILES string of the molecule is Cc1nc(-c2cccc(Br)c2)ccc1C(=O)Nc1cccc(NC(=O)C2CC2)c1. The molecule has 0 atom stereocenters. The van der Waals surface area contributed by atoms with Gasteiger partial charge in [0.2, 0.25) is 5.91 Å². The van der Waals surface area contributed by atoms with Gasteiger partial charge in [-0.25, -0.2) is 0 Å². The molecule has 29 heavy (non-hydrogen) atoms. The normalized spacial score (nSPS) is 13.0. The Morgan fingerprint density at radius 2 is 1.69 bits per heavy atom. The zero-order valence-corrected chi connectivity index (χ0v) is 17.5. The number of aryl methyl sites for hydroxylation is 1. The van der Waals surface area contributed by atoms with Crippen LogP contribution in [-0.2, 0) is 4.79 Å². The summed E-state index contributed by atoms with van der Waals surface area (Å²) >= 11 is 3.47. The number of nitrogens with one attached hydrogen (secondary N) is 2. The van der Waals surface area contributed by atoms with E-state index >= 15 is 0 Å². The predicted octanol–water partition coefficient (Wildman–Crippen LogP) is 5.42. The maximum Gasteiger partial charge on any atom is 0.257 e. The number of halogens is 1. The van der Waals surface area contributed by atoms with Crippen LogP contribution in [0.15, 0.2) is 65.1 Å². The smallest absolute Gasteiger partial charge is 0.257 e. The molecule has 6 heteroatoms. The number of pyridine rings is 1. The van der Waals surface area contributed by atoms with Gasteiger partial charge in [-0.05, 0) is 62.2 Å². The minimum Gasteiger partial charge on any atom is -0.326 e. The number of carbonyl (C=O) groups is 2. The molecule has 1 saturated carbocycles. The molecule has 1 aliphatic carbocycles. The summed E-state index contributed by atoms with van der Waals surface area (Å²) in [5.74, 6) is -0.0659. The zero-order chi connectivity index (χ0) is 20.4. The number of nitrogens with zero attached hydrogens (tertiary/aromatic N) is 1. The first-order valence-electron chi connectivity index (χ1n) is 9.45. The van der Waals surface area contributed by atoms with Gasteiger partial charge in [-0.1, -0.05) is 34.1 Å². The molecular formula is C23H20BrN3O2. The molecule has 2 amide bonds. The monoisotopic (exact) mass is 449 g/mol. The Kier molecular flexibility index (Phi) is 5.45. The summed E-state index contributed by atoms with van der Waals surface area (Å²) in [7, 11) is 0. The highest BCUT2D eigenvalue weighted by molar-refractivity contribution is 9.10. The van der Waals surface area contributed by atoms with Gasteiger partial charge in [-0.2, -0.15) is 0 Å². The van der Waals surface area contributed by atoms with Crippen LogP contribution in [-0.4, -0.2) is 16.8 Å². The van der Waals surface area contributed by atoms with Crippen LogP contribution in [0.25, 0.3) is 11.3 Å². The number of amides is 2. The molecule has 1 aromatic heterocycles. The number of aromatic nitrogens is 1. The van der Waals surface area contributed by atoms with Crippen molar-refractivity contribution in [1.82, 2.24) is 4.98 Å². The third-order valence-electron chi connectivity index (χ3n) is 4.79. The second-order valence-corrected chi connectivity index (χ2v) is 8.05. The maximum absolute atomic E-state index is 12.7. The van der Waals surface area contributed by atoms with E-state index in [1.165, 1.54) is 0 Å². The van der Waals surface area contributed by atoms with Gasteiger partial charge in [-0.3, -0.25) is 14.6 Å². The third-order valence-corrected chi connectivity index (χ3v) is 5.28. The van der Waals surface area contributed by atoms with Crippen LogP contribution in [0.3, 0.4) is 0 Å². The van der Waals surface area contributed by atoms with Gasteiger partial charge in [0.1, 0.15) is 0 Å². The highest BCUT2D eigenvalue weighted by Crippen LogP contribution is 2.30. The first-order valence-corrected chi connectivity index (χ1v) is 10.2. The van der Waals surface area contributed by atoms with Crippen molar-refractivity contribution in [3.63, 3.8) is 0 Å². The second kappa shape index (κ2) is 8.17. The molecule has 1 heterocycles. The lowest BCUT2D eigenvalue weighted by Gasteiger charge is -2.11. The van der Waals surface area contributed by atoms with Gasteiger partial charge in [0.05, 0.1) is 17.0 Å². The van der Waals surface area contributed by atoms with E-state index in [1.54, 1.807) is 24.3 Å². The van der Waals surface area contributed by atoms with E-state index in [-0.39, 0.29) is 17.7 Å². The molecule has 5 nitrogen and oxygen atoms in total. The van der Waals surface area contributed by atoms with Gasteiger partial charge in [0.25, 0.3) is 5.91 Å². The zero-order valence-electron chi connectivity index (χ0n) is 15.9. The topological polar surface area (TPSA) is 71.1 Å². The van der Waals surface area contributed by atoms with E-state index in [4.69, 9.17) is 0 Å². The van der Waals surface area contributed by atoms with Gasteiger partial charge >= 0.3 is 0 Å². The summed E-state index contributed by atoms with van der Waals surface area (Å²) in [4.78, 5) is 29.3. The van der Waals surface area contributed by atoms with Crippen molar-refractivity contribution in [2.45, 2.75) is 19.8 Å².